The largest absolute Gasteiger partial charge is 0.482 e. The Morgan fingerprint density at radius 3 is 2.50 bits per heavy atom. The van der Waals surface area contributed by atoms with Gasteiger partial charge in [-0.25, -0.2) is 0 Å². The maximum Gasteiger partial charge on any atom is 0.265 e. The Morgan fingerprint density at radius 2 is 1.75 bits per heavy atom. The second-order valence-corrected chi connectivity index (χ2v) is 6.34. The van der Waals surface area contributed by atoms with E-state index < -0.39 is 0 Å². The van der Waals surface area contributed by atoms with Gasteiger partial charge in [0.25, 0.3) is 5.91 Å². The Kier molecular flexibility index (Phi) is 3.81. The fraction of sp³-hybridized carbons (Fsp3) is 0.133. The molecule has 2 aromatic rings. The summed E-state index contributed by atoms with van der Waals surface area (Å²) in [5.41, 5.74) is 1.88. The number of carbonyl (C=O) groups is 1. The molecule has 1 aliphatic rings. The van der Waals surface area contributed by atoms with Crippen LogP contribution in [-0.4, -0.2) is 12.5 Å². The zero-order valence-corrected chi connectivity index (χ0v) is 13.6. The maximum atomic E-state index is 12.1. The van der Waals surface area contributed by atoms with E-state index in [4.69, 9.17) is 4.74 Å². The summed E-state index contributed by atoms with van der Waals surface area (Å²) < 4.78 is 7.41. The number of ether oxygens (including phenoxy) is 1. The molecule has 0 radical (unpaired) electrons. The van der Waals surface area contributed by atoms with Crippen LogP contribution in [0.2, 0.25) is 0 Å². The van der Waals surface area contributed by atoms with Crippen LogP contribution in [0.5, 0.6) is 5.75 Å². The van der Waals surface area contributed by atoms with Crippen molar-refractivity contribution in [3.05, 3.63) is 57.0 Å². The molecule has 0 unspecified atom stereocenters. The van der Waals surface area contributed by atoms with Crippen LogP contribution in [-0.2, 0) is 11.3 Å². The van der Waals surface area contributed by atoms with Crippen LogP contribution in [0.4, 0.5) is 5.69 Å². The highest BCUT2D eigenvalue weighted by atomic mass is 79.9. The van der Waals surface area contributed by atoms with Crippen LogP contribution >= 0.6 is 31.9 Å². The molecule has 5 heteroatoms. The summed E-state index contributed by atoms with van der Waals surface area (Å²) in [6.45, 7) is 0.629. The average Bonchev–Trinajstić information content (AvgIpc) is 2.44. The summed E-state index contributed by atoms with van der Waals surface area (Å²) in [6, 6.07) is 13.7. The number of fused-ring (bicyclic) bond motifs is 1. The molecular formula is C15H11Br2NO2. The highest BCUT2D eigenvalue weighted by molar-refractivity contribution is 9.10. The van der Waals surface area contributed by atoms with Gasteiger partial charge in [-0.15, -0.1) is 0 Å². The first-order chi connectivity index (χ1) is 9.63. The van der Waals surface area contributed by atoms with Crippen LogP contribution in [0.15, 0.2) is 51.4 Å². The maximum absolute atomic E-state index is 12.1. The molecule has 0 saturated carbocycles. The molecule has 102 valence electrons. The van der Waals surface area contributed by atoms with Gasteiger partial charge in [-0.3, -0.25) is 4.79 Å². The van der Waals surface area contributed by atoms with E-state index in [-0.39, 0.29) is 12.5 Å². The van der Waals surface area contributed by atoms with Crippen molar-refractivity contribution in [2.45, 2.75) is 6.54 Å². The molecule has 0 N–H and O–H groups in total. The average molecular weight is 397 g/mol. The van der Waals surface area contributed by atoms with Gasteiger partial charge in [-0.05, 0) is 35.9 Å². The minimum Gasteiger partial charge on any atom is -0.482 e. The van der Waals surface area contributed by atoms with Gasteiger partial charge in [0, 0.05) is 8.95 Å². The van der Waals surface area contributed by atoms with Gasteiger partial charge in [0.15, 0.2) is 6.61 Å². The molecule has 0 saturated heterocycles. The predicted molar refractivity (Wildman–Crippen MR) is 85.0 cm³/mol. The van der Waals surface area contributed by atoms with Crippen LogP contribution in [0, 0.1) is 0 Å². The zero-order chi connectivity index (χ0) is 14.1. The van der Waals surface area contributed by atoms with Crippen molar-refractivity contribution in [2.75, 3.05) is 11.5 Å². The first-order valence-corrected chi connectivity index (χ1v) is 7.69. The van der Waals surface area contributed by atoms with E-state index in [0.29, 0.717) is 6.54 Å². The van der Waals surface area contributed by atoms with Crippen molar-refractivity contribution < 1.29 is 9.53 Å². The zero-order valence-electron chi connectivity index (χ0n) is 10.5. The monoisotopic (exact) mass is 395 g/mol. The summed E-state index contributed by atoms with van der Waals surface area (Å²) in [4.78, 5) is 13.9. The van der Waals surface area contributed by atoms with E-state index in [1.54, 1.807) is 4.90 Å². The highest BCUT2D eigenvalue weighted by Gasteiger charge is 2.25. The third kappa shape index (κ3) is 2.74. The molecule has 0 aromatic heterocycles. The van der Waals surface area contributed by atoms with Gasteiger partial charge in [0.05, 0.1) is 12.2 Å². The Labute approximate surface area is 133 Å². The minimum atomic E-state index is -0.0291. The number of nitrogens with zero attached hydrogens (tertiary/aromatic N) is 1. The molecule has 2 aromatic carbocycles. The SMILES string of the molecule is O=C1COc2ccc(Br)cc2N1Cc1ccc(Br)cc1. The van der Waals surface area contributed by atoms with Crippen LogP contribution in [0.25, 0.3) is 0 Å². The first-order valence-electron chi connectivity index (χ1n) is 6.10. The quantitative estimate of drug-likeness (QED) is 0.763. The second kappa shape index (κ2) is 5.58. The van der Waals surface area contributed by atoms with Crippen molar-refractivity contribution in [1.82, 2.24) is 0 Å². The van der Waals surface area contributed by atoms with Gasteiger partial charge >= 0.3 is 0 Å². The van der Waals surface area contributed by atoms with Crippen LogP contribution in [0.1, 0.15) is 5.56 Å². The molecule has 0 fully saturated rings. The predicted octanol–water partition coefficient (Wildman–Crippen LogP) is 4.14. The molecule has 1 amide bonds. The Morgan fingerprint density at radius 1 is 1.05 bits per heavy atom. The van der Waals surface area contributed by atoms with Gasteiger partial charge in [0.1, 0.15) is 5.75 Å². The molecule has 20 heavy (non-hydrogen) atoms. The standard InChI is InChI=1S/C15H11Br2NO2/c16-11-3-1-10(2-4-11)8-18-13-7-12(17)5-6-14(13)20-9-15(18)19/h1-7H,8-9H2. The third-order valence-electron chi connectivity index (χ3n) is 3.12. The molecule has 0 atom stereocenters. The van der Waals surface area contributed by atoms with E-state index >= 15 is 0 Å². The molecule has 1 heterocycles. The number of hydrogen-bond acceptors (Lipinski definition) is 2. The van der Waals surface area contributed by atoms with Gasteiger partial charge in [-0.1, -0.05) is 44.0 Å². The summed E-state index contributed by atoms with van der Waals surface area (Å²) in [5.74, 6) is 0.712. The van der Waals surface area contributed by atoms with E-state index in [0.717, 1.165) is 25.9 Å². The number of amides is 1. The Hall–Kier alpha value is -1.33. The number of benzene rings is 2. The van der Waals surface area contributed by atoms with E-state index in [9.17, 15) is 4.79 Å². The lowest BCUT2D eigenvalue weighted by Gasteiger charge is -2.29. The van der Waals surface area contributed by atoms with E-state index in [1.807, 2.05) is 42.5 Å². The number of rotatable bonds is 2. The van der Waals surface area contributed by atoms with Crippen molar-refractivity contribution in [3.63, 3.8) is 0 Å². The van der Waals surface area contributed by atoms with Crippen molar-refractivity contribution >= 4 is 43.5 Å². The molecule has 3 rings (SSSR count). The van der Waals surface area contributed by atoms with Gasteiger partial charge in [0.2, 0.25) is 0 Å². The van der Waals surface area contributed by atoms with Gasteiger partial charge in [-0.2, -0.15) is 0 Å². The first kappa shape index (κ1) is 13.6. The molecule has 0 bridgehead atoms. The molecule has 3 nitrogen and oxygen atoms in total. The molecule has 0 aliphatic carbocycles. The summed E-state index contributed by atoms with van der Waals surface area (Å²) >= 11 is 6.84. The lowest BCUT2D eigenvalue weighted by Crippen LogP contribution is -2.38. The summed E-state index contributed by atoms with van der Waals surface area (Å²) in [5, 5.41) is 0. The van der Waals surface area contributed by atoms with Crippen molar-refractivity contribution in [2.24, 2.45) is 0 Å². The lowest BCUT2D eigenvalue weighted by atomic mass is 10.1. The number of halogens is 2. The second-order valence-electron chi connectivity index (χ2n) is 4.51. The molecular weight excluding hydrogens is 386 g/mol. The number of anilines is 1. The molecule has 1 aliphatic heterocycles. The van der Waals surface area contributed by atoms with Crippen molar-refractivity contribution in [3.8, 4) is 5.75 Å². The lowest BCUT2D eigenvalue weighted by molar-refractivity contribution is -0.121. The van der Waals surface area contributed by atoms with Crippen LogP contribution in [0.3, 0.4) is 0 Å². The highest BCUT2D eigenvalue weighted by Crippen LogP contribution is 2.35. The topological polar surface area (TPSA) is 29.5 Å². The Balaban J connectivity index is 1.94. The summed E-state index contributed by atoms with van der Waals surface area (Å²) in [6.07, 6.45) is 0. The fourth-order valence-corrected chi connectivity index (χ4v) is 2.73. The third-order valence-corrected chi connectivity index (χ3v) is 4.14. The van der Waals surface area contributed by atoms with Crippen LogP contribution < -0.4 is 9.64 Å². The minimum absolute atomic E-state index is 0.0291. The van der Waals surface area contributed by atoms with E-state index in [1.165, 1.54) is 0 Å². The Bertz CT molecular complexity index is 655. The fourth-order valence-electron chi connectivity index (χ4n) is 2.12. The number of hydrogen-bond donors (Lipinski definition) is 0. The smallest absolute Gasteiger partial charge is 0.265 e. The number of carbonyl (C=O) groups excluding carboxylic acids is 1. The normalized spacial score (nSPS) is 13.9. The summed E-state index contributed by atoms with van der Waals surface area (Å²) in [7, 11) is 0. The molecule has 0 spiro atoms. The van der Waals surface area contributed by atoms with Gasteiger partial charge < -0.3 is 9.64 Å². The van der Waals surface area contributed by atoms with Crippen molar-refractivity contribution in [1.29, 1.82) is 0 Å². The van der Waals surface area contributed by atoms with E-state index in [2.05, 4.69) is 31.9 Å².